The van der Waals surface area contributed by atoms with E-state index in [1.165, 1.54) is 24.5 Å². The van der Waals surface area contributed by atoms with Crippen LogP contribution in [0.5, 0.6) is 0 Å². The number of ether oxygens (including phenoxy) is 1. The molecule has 28 heavy (non-hydrogen) atoms. The van der Waals surface area contributed by atoms with Gasteiger partial charge in [-0.25, -0.2) is 4.79 Å². The Morgan fingerprint density at radius 1 is 1.18 bits per heavy atom. The van der Waals surface area contributed by atoms with Crippen molar-refractivity contribution in [3.05, 3.63) is 56.9 Å². The number of hydrogen-bond donors (Lipinski definition) is 2. The molecular weight excluding hydrogens is 400 g/mol. The highest BCUT2D eigenvalue weighted by Crippen LogP contribution is 2.38. The van der Waals surface area contributed by atoms with E-state index < -0.39 is 12.0 Å². The molecule has 2 aromatic rings. The first-order valence-corrected chi connectivity index (χ1v) is 9.96. The summed E-state index contributed by atoms with van der Waals surface area (Å²) >= 11 is 7.46. The van der Waals surface area contributed by atoms with Crippen LogP contribution in [-0.4, -0.2) is 25.0 Å². The maximum atomic E-state index is 12.6. The summed E-state index contributed by atoms with van der Waals surface area (Å²) in [5, 5.41) is 5.92. The van der Waals surface area contributed by atoms with Crippen molar-refractivity contribution in [1.29, 1.82) is 0 Å². The second-order valence-electron chi connectivity index (χ2n) is 6.20. The number of aryl methyl sites for hydroxylation is 1. The standard InChI is InChI=1S/C20H19ClN2O4S/c1-27-20(26)23-18(25)17-13-7-3-5-9-15(13)28-19(17)22-16(24)11-10-12-6-2-4-8-14(12)21/h2,4,6,8,10-11H,3,5,7,9H2,1H3,(H,22,24)(H,23,25,26)/b11-10+. The monoisotopic (exact) mass is 418 g/mol. The summed E-state index contributed by atoms with van der Waals surface area (Å²) in [4.78, 5) is 37.5. The van der Waals surface area contributed by atoms with Crippen LogP contribution in [0, 0.1) is 0 Å². The molecule has 0 atom stereocenters. The van der Waals surface area contributed by atoms with Crippen LogP contribution in [-0.2, 0) is 22.4 Å². The molecule has 2 N–H and O–H groups in total. The van der Waals surface area contributed by atoms with Crippen LogP contribution in [0.1, 0.15) is 39.2 Å². The number of rotatable bonds is 4. The summed E-state index contributed by atoms with van der Waals surface area (Å²) in [6.45, 7) is 0. The zero-order valence-electron chi connectivity index (χ0n) is 15.2. The Balaban J connectivity index is 1.83. The number of anilines is 1. The molecule has 0 saturated heterocycles. The molecular formula is C20H19ClN2O4S. The number of halogens is 1. The van der Waals surface area contributed by atoms with Gasteiger partial charge in [-0.05, 0) is 49.0 Å². The summed E-state index contributed by atoms with van der Waals surface area (Å²) in [6, 6.07) is 7.17. The third kappa shape index (κ3) is 4.61. The Bertz CT molecular complexity index is 952. The third-order valence-corrected chi connectivity index (χ3v) is 5.91. The highest BCUT2D eigenvalue weighted by Gasteiger charge is 2.27. The number of imide groups is 1. The number of methoxy groups -OCH3 is 1. The molecule has 1 aliphatic carbocycles. The lowest BCUT2D eigenvalue weighted by molar-refractivity contribution is -0.111. The minimum Gasteiger partial charge on any atom is -0.453 e. The molecule has 0 unspecified atom stereocenters. The first-order chi connectivity index (χ1) is 13.5. The van der Waals surface area contributed by atoms with Crippen molar-refractivity contribution >= 4 is 51.9 Å². The molecule has 1 aromatic heterocycles. The van der Waals surface area contributed by atoms with E-state index in [1.54, 1.807) is 18.2 Å². The summed E-state index contributed by atoms with van der Waals surface area (Å²) in [6.07, 6.45) is 5.72. The molecule has 0 saturated carbocycles. The van der Waals surface area contributed by atoms with Crippen molar-refractivity contribution in [2.24, 2.45) is 0 Å². The van der Waals surface area contributed by atoms with E-state index in [-0.39, 0.29) is 5.91 Å². The van der Waals surface area contributed by atoms with Gasteiger partial charge in [0.1, 0.15) is 5.00 Å². The lowest BCUT2D eigenvalue weighted by atomic mass is 9.95. The van der Waals surface area contributed by atoms with Crippen molar-refractivity contribution in [1.82, 2.24) is 5.32 Å². The second kappa shape index (κ2) is 9.03. The quantitative estimate of drug-likeness (QED) is 0.719. The molecule has 6 nitrogen and oxygen atoms in total. The van der Waals surface area contributed by atoms with Crippen LogP contribution in [0.25, 0.3) is 6.08 Å². The van der Waals surface area contributed by atoms with Gasteiger partial charge in [0.25, 0.3) is 5.91 Å². The van der Waals surface area contributed by atoms with Crippen molar-refractivity contribution in [2.45, 2.75) is 25.7 Å². The van der Waals surface area contributed by atoms with E-state index in [0.717, 1.165) is 36.1 Å². The molecule has 0 fully saturated rings. The molecule has 0 bridgehead atoms. The number of amides is 3. The predicted octanol–water partition coefficient (Wildman–Crippen LogP) is 4.43. The van der Waals surface area contributed by atoms with Crippen LogP contribution >= 0.6 is 22.9 Å². The third-order valence-electron chi connectivity index (χ3n) is 4.36. The zero-order valence-corrected chi connectivity index (χ0v) is 16.8. The molecule has 146 valence electrons. The van der Waals surface area contributed by atoms with E-state index >= 15 is 0 Å². The van der Waals surface area contributed by atoms with Gasteiger partial charge in [-0.2, -0.15) is 0 Å². The predicted molar refractivity (Wildman–Crippen MR) is 110 cm³/mol. The van der Waals surface area contributed by atoms with Gasteiger partial charge in [0.2, 0.25) is 5.91 Å². The van der Waals surface area contributed by atoms with Gasteiger partial charge in [0.15, 0.2) is 0 Å². The molecule has 3 rings (SSSR count). The fraction of sp³-hybridized carbons (Fsp3) is 0.250. The van der Waals surface area contributed by atoms with Gasteiger partial charge in [-0.15, -0.1) is 11.3 Å². The fourth-order valence-corrected chi connectivity index (χ4v) is 4.52. The Hall–Kier alpha value is -2.64. The summed E-state index contributed by atoms with van der Waals surface area (Å²) in [5.41, 5.74) is 1.95. The summed E-state index contributed by atoms with van der Waals surface area (Å²) in [7, 11) is 1.19. The largest absolute Gasteiger partial charge is 0.453 e. The van der Waals surface area contributed by atoms with Crippen LogP contribution in [0.2, 0.25) is 5.02 Å². The highest BCUT2D eigenvalue weighted by atomic mass is 35.5. The number of fused-ring (bicyclic) bond motifs is 1. The average molecular weight is 419 g/mol. The normalized spacial score (nSPS) is 13.1. The van der Waals surface area contributed by atoms with E-state index in [1.807, 2.05) is 12.1 Å². The van der Waals surface area contributed by atoms with Crippen molar-refractivity contribution in [3.8, 4) is 0 Å². The Labute approximate surface area is 171 Å². The first-order valence-electron chi connectivity index (χ1n) is 8.77. The molecule has 1 aromatic carbocycles. The maximum absolute atomic E-state index is 12.6. The van der Waals surface area contributed by atoms with Crippen LogP contribution in [0.15, 0.2) is 30.3 Å². The smallest absolute Gasteiger partial charge is 0.413 e. The van der Waals surface area contributed by atoms with Crippen LogP contribution in [0.3, 0.4) is 0 Å². The zero-order chi connectivity index (χ0) is 20.1. The average Bonchev–Trinajstić information content (AvgIpc) is 3.05. The van der Waals surface area contributed by atoms with Crippen molar-refractivity contribution in [3.63, 3.8) is 0 Å². The van der Waals surface area contributed by atoms with E-state index in [2.05, 4.69) is 15.4 Å². The number of alkyl carbamates (subject to hydrolysis) is 1. The Morgan fingerprint density at radius 3 is 2.68 bits per heavy atom. The van der Waals surface area contributed by atoms with Gasteiger partial charge in [-0.1, -0.05) is 29.8 Å². The van der Waals surface area contributed by atoms with E-state index in [0.29, 0.717) is 21.2 Å². The second-order valence-corrected chi connectivity index (χ2v) is 7.72. The van der Waals surface area contributed by atoms with Gasteiger partial charge in [0, 0.05) is 16.0 Å². The topological polar surface area (TPSA) is 84.5 Å². The number of carbonyl (C=O) groups excluding carboxylic acids is 3. The Kier molecular flexibility index (Phi) is 6.49. The molecule has 8 heteroatoms. The van der Waals surface area contributed by atoms with Gasteiger partial charge >= 0.3 is 6.09 Å². The number of thiophene rings is 1. The van der Waals surface area contributed by atoms with Gasteiger partial charge < -0.3 is 10.1 Å². The minimum atomic E-state index is -0.836. The molecule has 0 aliphatic heterocycles. The van der Waals surface area contributed by atoms with Crippen molar-refractivity contribution in [2.75, 3.05) is 12.4 Å². The maximum Gasteiger partial charge on any atom is 0.413 e. The molecule has 1 heterocycles. The SMILES string of the molecule is COC(=O)NC(=O)c1c(NC(=O)/C=C/c2ccccc2Cl)sc2c1CCCC2. The highest BCUT2D eigenvalue weighted by molar-refractivity contribution is 7.17. The number of nitrogens with one attached hydrogen (secondary N) is 2. The number of carbonyl (C=O) groups is 3. The van der Waals surface area contributed by atoms with E-state index in [4.69, 9.17) is 11.6 Å². The summed E-state index contributed by atoms with van der Waals surface area (Å²) in [5.74, 6) is -0.956. The van der Waals surface area contributed by atoms with Crippen LogP contribution in [0.4, 0.5) is 9.80 Å². The Morgan fingerprint density at radius 2 is 1.93 bits per heavy atom. The lowest BCUT2D eigenvalue weighted by Crippen LogP contribution is -2.31. The fourth-order valence-electron chi connectivity index (χ4n) is 3.03. The van der Waals surface area contributed by atoms with E-state index in [9.17, 15) is 14.4 Å². The van der Waals surface area contributed by atoms with Gasteiger partial charge in [-0.3, -0.25) is 14.9 Å². The molecule has 1 aliphatic rings. The van der Waals surface area contributed by atoms with Crippen molar-refractivity contribution < 1.29 is 19.1 Å². The molecule has 0 radical (unpaired) electrons. The molecule has 0 spiro atoms. The number of hydrogen-bond acceptors (Lipinski definition) is 5. The number of benzene rings is 1. The summed E-state index contributed by atoms with van der Waals surface area (Å²) < 4.78 is 4.50. The van der Waals surface area contributed by atoms with Crippen LogP contribution < -0.4 is 10.6 Å². The van der Waals surface area contributed by atoms with Gasteiger partial charge in [0.05, 0.1) is 12.7 Å². The lowest BCUT2D eigenvalue weighted by Gasteiger charge is -2.12. The minimum absolute atomic E-state index is 0.338. The molecule has 3 amide bonds. The first kappa shape index (κ1) is 20.1.